The SMILES string of the molecule is CN=C(NCc1cc(F)ccc1SC)NCC1CCCC1O. The number of thioether (sulfide) groups is 1. The van der Waals surface area contributed by atoms with Crippen LogP contribution in [0.15, 0.2) is 28.1 Å². The Labute approximate surface area is 135 Å². The predicted octanol–water partition coefficient (Wildman–Crippen LogP) is 2.37. The molecule has 22 heavy (non-hydrogen) atoms. The standard InChI is InChI=1S/C16H24FN3OS/c1-18-16(19-9-11-4-3-5-14(11)21)20-10-12-8-13(17)6-7-15(12)22-2/h6-8,11,14,21H,3-5,9-10H2,1-2H3,(H2,18,19,20). The quantitative estimate of drug-likeness (QED) is 0.442. The first-order valence-electron chi connectivity index (χ1n) is 7.59. The van der Waals surface area contributed by atoms with Gasteiger partial charge in [0, 0.05) is 31.0 Å². The molecule has 3 N–H and O–H groups in total. The van der Waals surface area contributed by atoms with Gasteiger partial charge in [0.15, 0.2) is 5.96 Å². The second kappa shape index (κ2) is 8.39. The van der Waals surface area contributed by atoms with Crippen LogP contribution in [0.1, 0.15) is 24.8 Å². The zero-order valence-electron chi connectivity index (χ0n) is 13.1. The van der Waals surface area contributed by atoms with E-state index in [0.29, 0.717) is 19.0 Å². The molecular weight excluding hydrogens is 301 g/mol. The first-order chi connectivity index (χ1) is 10.6. The topological polar surface area (TPSA) is 56.7 Å². The average Bonchev–Trinajstić information content (AvgIpc) is 2.93. The highest BCUT2D eigenvalue weighted by atomic mass is 32.2. The highest BCUT2D eigenvalue weighted by Crippen LogP contribution is 2.24. The molecule has 0 bridgehead atoms. The van der Waals surface area contributed by atoms with Gasteiger partial charge in [0.1, 0.15) is 5.82 Å². The highest BCUT2D eigenvalue weighted by Gasteiger charge is 2.24. The van der Waals surface area contributed by atoms with Gasteiger partial charge < -0.3 is 15.7 Å². The summed E-state index contributed by atoms with van der Waals surface area (Å²) in [5.74, 6) is 0.733. The Morgan fingerprint density at radius 2 is 2.23 bits per heavy atom. The van der Waals surface area contributed by atoms with Gasteiger partial charge in [0.05, 0.1) is 6.10 Å². The smallest absolute Gasteiger partial charge is 0.191 e. The summed E-state index contributed by atoms with van der Waals surface area (Å²) in [7, 11) is 1.71. The van der Waals surface area contributed by atoms with Crippen molar-refractivity contribution in [2.75, 3.05) is 19.8 Å². The molecule has 0 saturated heterocycles. The number of nitrogens with zero attached hydrogens (tertiary/aromatic N) is 1. The first-order valence-corrected chi connectivity index (χ1v) is 8.81. The molecular formula is C16H24FN3OS. The summed E-state index contributed by atoms with van der Waals surface area (Å²) in [5, 5.41) is 16.3. The molecule has 1 fully saturated rings. The van der Waals surface area contributed by atoms with Crippen molar-refractivity contribution in [1.82, 2.24) is 10.6 Å². The summed E-state index contributed by atoms with van der Waals surface area (Å²) < 4.78 is 13.4. The molecule has 1 aliphatic carbocycles. The van der Waals surface area contributed by atoms with Crippen molar-refractivity contribution in [3.8, 4) is 0 Å². The van der Waals surface area contributed by atoms with Gasteiger partial charge in [-0.2, -0.15) is 0 Å². The normalized spacial score (nSPS) is 21.9. The molecule has 0 aliphatic heterocycles. The van der Waals surface area contributed by atoms with Crippen molar-refractivity contribution in [1.29, 1.82) is 0 Å². The Kier molecular flexibility index (Phi) is 6.51. The third kappa shape index (κ3) is 4.61. The Bertz CT molecular complexity index is 524. The number of rotatable bonds is 5. The fourth-order valence-electron chi connectivity index (χ4n) is 2.77. The number of aliphatic hydroxyl groups excluding tert-OH is 1. The van der Waals surface area contributed by atoms with E-state index >= 15 is 0 Å². The maximum absolute atomic E-state index is 13.4. The summed E-state index contributed by atoms with van der Waals surface area (Å²) in [5.41, 5.74) is 0.913. The van der Waals surface area contributed by atoms with Crippen molar-refractivity contribution in [3.05, 3.63) is 29.6 Å². The predicted molar refractivity (Wildman–Crippen MR) is 89.7 cm³/mol. The van der Waals surface area contributed by atoms with Gasteiger partial charge in [-0.25, -0.2) is 4.39 Å². The minimum absolute atomic E-state index is 0.211. The molecule has 0 aromatic heterocycles. The number of aliphatic hydroxyl groups is 1. The molecule has 122 valence electrons. The lowest BCUT2D eigenvalue weighted by Crippen LogP contribution is -2.40. The molecule has 0 spiro atoms. The summed E-state index contributed by atoms with van der Waals surface area (Å²) in [6.07, 6.45) is 4.78. The van der Waals surface area contributed by atoms with Gasteiger partial charge in [-0.05, 0) is 42.9 Å². The molecule has 1 aromatic carbocycles. The Hall–Kier alpha value is -1.27. The van der Waals surface area contributed by atoms with E-state index in [2.05, 4.69) is 15.6 Å². The molecule has 2 unspecified atom stereocenters. The minimum Gasteiger partial charge on any atom is -0.393 e. The molecule has 1 aliphatic rings. The number of guanidine groups is 1. The van der Waals surface area contributed by atoms with Crippen molar-refractivity contribution in [2.45, 2.75) is 36.8 Å². The Morgan fingerprint density at radius 1 is 1.41 bits per heavy atom. The van der Waals surface area contributed by atoms with Crippen molar-refractivity contribution in [2.24, 2.45) is 10.9 Å². The van der Waals surface area contributed by atoms with Gasteiger partial charge >= 0.3 is 0 Å². The molecule has 2 atom stereocenters. The van der Waals surface area contributed by atoms with E-state index < -0.39 is 0 Å². The average molecular weight is 325 g/mol. The number of aliphatic imine (C=N–C) groups is 1. The maximum Gasteiger partial charge on any atom is 0.191 e. The Balaban J connectivity index is 1.87. The fraction of sp³-hybridized carbons (Fsp3) is 0.562. The maximum atomic E-state index is 13.4. The number of benzene rings is 1. The van der Waals surface area contributed by atoms with Gasteiger partial charge in [-0.3, -0.25) is 4.99 Å². The van der Waals surface area contributed by atoms with E-state index in [1.54, 1.807) is 30.9 Å². The lowest BCUT2D eigenvalue weighted by atomic mass is 10.1. The number of hydrogen-bond donors (Lipinski definition) is 3. The van der Waals surface area contributed by atoms with E-state index in [-0.39, 0.29) is 17.8 Å². The fourth-order valence-corrected chi connectivity index (χ4v) is 3.37. The van der Waals surface area contributed by atoms with Crippen LogP contribution in [0.2, 0.25) is 0 Å². The molecule has 1 saturated carbocycles. The lowest BCUT2D eigenvalue weighted by Gasteiger charge is -2.18. The van der Waals surface area contributed by atoms with Crippen LogP contribution in [-0.4, -0.2) is 37.0 Å². The number of halogens is 1. The lowest BCUT2D eigenvalue weighted by molar-refractivity contribution is 0.134. The van der Waals surface area contributed by atoms with Gasteiger partial charge in [0.2, 0.25) is 0 Å². The summed E-state index contributed by atoms with van der Waals surface area (Å²) in [6, 6.07) is 4.82. The Morgan fingerprint density at radius 3 is 2.86 bits per heavy atom. The third-order valence-corrected chi connectivity index (χ3v) is 4.90. The highest BCUT2D eigenvalue weighted by molar-refractivity contribution is 7.98. The van der Waals surface area contributed by atoms with Crippen molar-refractivity contribution < 1.29 is 9.50 Å². The summed E-state index contributed by atoms with van der Waals surface area (Å²) in [4.78, 5) is 5.23. The van der Waals surface area contributed by atoms with E-state index in [1.165, 1.54) is 6.07 Å². The van der Waals surface area contributed by atoms with Gasteiger partial charge in [-0.15, -0.1) is 11.8 Å². The van der Waals surface area contributed by atoms with Crippen LogP contribution >= 0.6 is 11.8 Å². The molecule has 0 amide bonds. The van der Waals surface area contributed by atoms with Crippen LogP contribution in [-0.2, 0) is 6.54 Å². The van der Waals surface area contributed by atoms with Crippen molar-refractivity contribution >= 4 is 17.7 Å². The number of hydrogen-bond acceptors (Lipinski definition) is 3. The molecule has 6 heteroatoms. The van der Waals surface area contributed by atoms with Gasteiger partial charge in [0.25, 0.3) is 0 Å². The van der Waals surface area contributed by atoms with Crippen LogP contribution in [0.5, 0.6) is 0 Å². The van der Waals surface area contributed by atoms with Crippen LogP contribution < -0.4 is 10.6 Å². The second-order valence-electron chi connectivity index (χ2n) is 5.52. The largest absolute Gasteiger partial charge is 0.393 e. The monoisotopic (exact) mass is 325 g/mol. The minimum atomic E-state index is -0.230. The first kappa shape index (κ1) is 17.1. The molecule has 0 radical (unpaired) electrons. The third-order valence-electron chi connectivity index (χ3n) is 4.06. The molecule has 2 rings (SSSR count). The zero-order valence-corrected chi connectivity index (χ0v) is 13.9. The van der Waals surface area contributed by atoms with E-state index in [1.807, 2.05) is 6.26 Å². The van der Waals surface area contributed by atoms with Crippen molar-refractivity contribution in [3.63, 3.8) is 0 Å². The van der Waals surface area contributed by atoms with Gasteiger partial charge in [-0.1, -0.05) is 6.42 Å². The van der Waals surface area contributed by atoms with Crippen LogP contribution in [0, 0.1) is 11.7 Å². The molecule has 0 heterocycles. The van der Waals surface area contributed by atoms with Crippen LogP contribution in [0.3, 0.4) is 0 Å². The summed E-state index contributed by atoms with van der Waals surface area (Å²) >= 11 is 1.60. The van der Waals surface area contributed by atoms with E-state index in [9.17, 15) is 9.50 Å². The molecule has 4 nitrogen and oxygen atoms in total. The van der Waals surface area contributed by atoms with E-state index in [0.717, 1.165) is 29.7 Å². The van der Waals surface area contributed by atoms with Crippen LogP contribution in [0.25, 0.3) is 0 Å². The zero-order chi connectivity index (χ0) is 15.9. The summed E-state index contributed by atoms with van der Waals surface area (Å²) in [6.45, 7) is 1.22. The number of nitrogens with one attached hydrogen (secondary N) is 2. The molecule has 1 aromatic rings. The van der Waals surface area contributed by atoms with Crippen LogP contribution in [0.4, 0.5) is 4.39 Å². The van der Waals surface area contributed by atoms with E-state index in [4.69, 9.17) is 0 Å². The second-order valence-corrected chi connectivity index (χ2v) is 6.37.